The molecule has 0 saturated heterocycles. The number of allylic oxidation sites excluding steroid dienone is 1. The maximum Gasteiger partial charge on any atom is 0.251 e. The molecule has 2 fully saturated rings. The van der Waals surface area contributed by atoms with Gasteiger partial charge in [-0.3, -0.25) is 9.59 Å². The van der Waals surface area contributed by atoms with E-state index in [1.807, 2.05) is 62.4 Å². The van der Waals surface area contributed by atoms with E-state index in [0.717, 1.165) is 143 Å². The Morgan fingerprint density at radius 1 is 0.625 bits per heavy atom. The summed E-state index contributed by atoms with van der Waals surface area (Å²) in [4.78, 5) is 38.6. The van der Waals surface area contributed by atoms with Crippen molar-refractivity contribution in [1.82, 2.24) is 20.9 Å². The number of nitrogen functional groups attached to an aromatic ring is 2. The number of rotatable bonds is 21. The van der Waals surface area contributed by atoms with Crippen LogP contribution in [0.2, 0.25) is 0 Å². The maximum absolute atomic E-state index is 13.0. The molecule has 72 heavy (non-hydrogen) atoms. The highest BCUT2D eigenvalue weighted by atomic mass is 16.2. The van der Waals surface area contributed by atoms with Crippen molar-refractivity contribution in [2.75, 3.05) is 47.9 Å². The summed E-state index contributed by atoms with van der Waals surface area (Å²) in [6.45, 7) is 11.5. The normalized spacial score (nSPS) is 16.1. The molecule has 1 aromatic heterocycles. The summed E-state index contributed by atoms with van der Waals surface area (Å²) in [6.07, 6.45) is 17.6. The molecule has 8 N–H and O–H groups in total. The lowest BCUT2D eigenvalue weighted by Gasteiger charge is -2.39. The summed E-state index contributed by atoms with van der Waals surface area (Å²) in [6, 6.07) is 29.4. The second-order valence-electron chi connectivity index (χ2n) is 20.6. The van der Waals surface area contributed by atoms with Crippen LogP contribution in [0.5, 0.6) is 0 Å². The van der Waals surface area contributed by atoms with Crippen LogP contribution in [0.1, 0.15) is 127 Å². The molecule has 1 aliphatic heterocycles. The average molecular weight is 964 g/mol. The van der Waals surface area contributed by atoms with Crippen molar-refractivity contribution in [3.63, 3.8) is 0 Å². The van der Waals surface area contributed by atoms with Crippen molar-refractivity contribution in [2.24, 2.45) is 4.99 Å². The van der Waals surface area contributed by atoms with Crippen molar-refractivity contribution in [1.29, 1.82) is 0 Å². The van der Waals surface area contributed by atoms with Crippen LogP contribution in [0.3, 0.4) is 0 Å². The second kappa shape index (κ2) is 21.2. The van der Waals surface area contributed by atoms with Gasteiger partial charge in [-0.05, 0) is 160 Å². The molecule has 10 rings (SSSR count). The first-order valence-corrected chi connectivity index (χ1v) is 26.5. The fourth-order valence-electron chi connectivity index (χ4n) is 10.3. The molecule has 3 aliphatic carbocycles. The minimum atomic E-state index is -0.0609. The van der Waals surface area contributed by atoms with E-state index in [-0.39, 0.29) is 17.9 Å². The third-order valence-electron chi connectivity index (χ3n) is 14.9. The minimum absolute atomic E-state index is 0.0593. The molecule has 0 spiro atoms. The number of hydrogen-bond acceptors (Lipinski definition) is 9. The van der Waals surface area contributed by atoms with Crippen molar-refractivity contribution in [2.45, 2.75) is 123 Å². The number of amides is 2. The second-order valence-corrected chi connectivity index (χ2v) is 20.6. The van der Waals surface area contributed by atoms with E-state index in [0.29, 0.717) is 36.3 Å². The summed E-state index contributed by atoms with van der Waals surface area (Å²) in [5.41, 5.74) is 32.0. The molecule has 2 heterocycles. The number of anilines is 4. The van der Waals surface area contributed by atoms with E-state index in [4.69, 9.17) is 21.4 Å². The molecule has 372 valence electrons. The van der Waals surface area contributed by atoms with Crippen molar-refractivity contribution >= 4 is 68.0 Å². The number of fused-ring (bicyclic) bond motifs is 4. The summed E-state index contributed by atoms with van der Waals surface area (Å²) in [5.74, 6) is -0.120. The number of nitrogens with zero attached hydrogens (tertiary/aromatic N) is 4. The predicted molar refractivity (Wildman–Crippen MR) is 295 cm³/mol. The lowest BCUT2D eigenvalue weighted by molar-refractivity contribution is -0.649. The van der Waals surface area contributed by atoms with Gasteiger partial charge in [-0.1, -0.05) is 49.9 Å². The highest BCUT2D eigenvalue weighted by Gasteiger charge is 2.40. The molecule has 2 amide bonds. The molecule has 4 aliphatic rings. The number of aryl methyl sites for hydroxylation is 3. The molecule has 1 atom stereocenters. The van der Waals surface area contributed by atoms with Crippen LogP contribution in [0.15, 0.2) is 113 Å². The first-order chi connectivity index (χ1) is 35.0. The zero-order valence-electron chi connectivity index (χ0n) is 42.5. The molecular formula is C60H71N10O2+. The number of nitrogens with two attached hydrogens (primary N) is 2. The number of aliphatic imine (C=N–C) groups is 1. The van der Waals surface area contributed by atoms with Gasteiger partial charge in [-0.15, -0.1) is 0 Å². The van der Waals surface area contributed by atoms with E-state index in [1.54, 1.807) is 0 Å². The lowest BCUT2D eigenvalue weighted by Crippen LogP contribution is -2.45. The third-order valence-corrected chi connectivity index (χ3v) is 14.9. The SMILES string of the molecule is CC1=CC2=Nc3cc(C)c(N)cc3N(C3CC3)C2C=C1NCCCCCCNC(=O)c1ccc(-c2ccc(C(=O)NCCCCCCNc3cc4c(cc3C)nc3cc(C)c(N)cc3[n+]4C3CC3)cc2)cc1. The zero-order chi connectivity index (χ0) is 49.9. The Labute approximate surface area is 424 Å². The molecule has 12 heteroatoms. The van der Waals surface area contributed by atoms with Crippen molar-refractivity contribution in [3.05, 3.63) is 136 Å². The molecule has 6 aromatic rings. The first-order valence-electron chi connectivity index (χ1n) is 26.5. The van der Waals surface area contributed by atoms with Crippen LogP contribution in [-0.4, -0.2) is 60.8 Å². The van der Waals surface area contributed by atoms with Crippen LogP contribution in [0.4, 0.5) is 28.4 Å². The van der Waals surface area contributed by atoms with Gasteiger partial charge in [0.2, 0.25) is 11.0 Å². The Morgan fingerprint density at radius 3 is 1.76 bits per heavy atom. The summed E-state index contributed by atoms with van der Waals surface area (Å²) in [5, 5.41) is 13.6. The highest BCUT2D eigenvalue weighted by Crippen LogP contribution is 2.45. The largest absolute Gasteiger partial charge is 0.398 e. The number of carbonyl (C=O) groups excluding carboxylic acids is 2. The van der Waals surface area contributed by atoms with Crippen LogP contribution in [0, 0.1) is 20.8 Å². The van der Waals surface area contributed by atoms with Gasteiger partial charge in [0.25, 0.3) is 11.8 Å². The standard InChI is InChI=1S/C60H70N10O2/c1-37-29-51-55(33-47(37)61)69(45-21-22-45)57-35-49(39(3)31-53(57)67-51)63-25-9-5-7-11-27-65-59(71)43-17-13-41(14-18-43)42-15-19-44(20-16-42)60(72)66-28-12-8-6-10-26-64-50-36-58-54(32-40(50)4)68-52-30-38(2)48(62)34-56(52)70(58)46-23-24-46/h13-20,29-36,45-46,57,63H,5-12,21-28,61H2,1-4H3,(H4,62,64,65,66,71,72)/p+1. The van der Waals surface area contributed by atoms with Gasteiger partial charge in [-0.2, -0.15) is 4.57 Å². The number of benzene rings is 5. The minimum Gasteiger partial charge on any atom is -0.398 e. The molecule has 1 unspecified atom stereocenters. The third kappa shape index (κ3) is 10.8. The Morgan fingerprint density at radius 2 is 1.17 bits per heavy atom. The van der Waals surface area contributed by atoms with E-state index >= 15 is 0 Å². The van der Waals surface area contributed by atoms with Crippen LogP contribution in [0.25, 0.3) is 33.2 Å². The van der Waals surface area contributed by atoms with Crippen LogP contribution < -0.4 is 42.2 Å². The number of nitrogens with one attached hydrogen (secondary N) is 4. The molecule has 0 radical (unpaired) electrons. The fraction of sp³-hybridized carbons (Fsp3) is 0.383. The lowest BCUT2D eigenvalue weighted by atomic mass is 9.94. The molecule has 12 nitrogen and oxygen atoms in total. The van der Waals surface area contributed by atoms with E-state index in [9.17, 15) is 9.59 Å². The zero-order valence-corrected chi connectivity index (χ0v) is 42.5. The number of hydrogen-bond donors (Lipinski definition) is 6. The van der Waals surface area contributed by atoms with Gasteiger partial charge in [0.1, 0.15) is 11.0 Å². The maximum atomic E-state index is 13.0. The monoisotopic (exact) mass is 964 g/mol. The van der Waals surface area contributed by atoms with Crippen molar-refractivity contribution in [3.8, 4) is 11.1 Å². The predicted octanol–water partition coefficient (Wildman–Crippen LogP) is 11.0. The van der Waals surface area contributed by atoms with Gasteiger partial charge >= 0.3 is 0 Å². The smallest absolute Gasteiger partial charge is 0.251 e. The molecular weight excluding hydrogens is 893 g/mol. The summed E-state index contributed by atoms with van der Waals surface area (Å²) in [7, 11) is 0. The first kappa shape index (κ1) is 48.4. The molecule has 5 aromatic carbocycles. The summed E-state index contributed by atoms with van der Waals surface area (Å²) < 4.78 is 2.44. The van der Waals surface area contributed by atoms with Gasteiger partial charge in [0.05, 0.1) is 23.1 Å². The molecule has 2 saturated carbocycles. The quantitative estimate of drug-likeness (QED) is 0.0179. The van der Waals surface area contributed by atoms with Crippen LogP contribution >= 0.6 is 0 Å². The highest BCUT2D eigenvalue weighted by molar-refractivity contribution is 6.09. The van der Waals surface area contributed by atoms with Gasteiger partial charge in [-0.25, -0.2) is 9.98 Å². The van der Waals surface area contributed by atoms with Crippen molar-refractivity contribution < 1.29 is 14.2 Å². The van der Waals surface area contributed by atoms with Gasteiger partial charge < -0.3 is 37.6 Å². The Kier molecular flexibility index (Phi) is 14.3. The van der Waals surface area contributed by atoms with E-state index in [2.05, 4.69) is 93.1 Å². The Hall–Kier alpha value is -7.21. The fourth-order valence-corrected chi connectivity index (χ4v) is 10.3. The topological polar surface area (TPSA) is 167 Å². The average Bonchev–Trinajstić information content (AvgIpc) is 4.32. The van der Waals surface area contributed by atoms with Gasteiger partial charge in [0, 0.05) is 91.1 Å². The number of unbranched alkanes of at least 4 members (excludes halogenated alkanes) is 6. The Bertz CT molecular complexity index is 3110. The Balaban J connectivity index is 0.597. The van der Waals surface area contributed by atoms with Crippen LogP contribution in [-0.2, 0) is 0 Å². The summed E-state index contributed by atoms with van der Waals surface area (Å²) >= 11 is 0. The van der Waals surface area contributed by atoms with E-state index < -0.39 is 0 Å². The number of aromatic nitrogens is 2. The molecule has 0 bridgehead atoms. The number of carbonyl (C=O) groups is 2. The van der Waals surface area contributed by atoms with Gasteiger partial charge in [0.15, 0.2) is 6.04 Å². The van der Waals surface area contributed by atoms with E-state index in [1.165, 1.54) is 42.5 Å².